The zero-order valence-corrected chi connectivity index (χ0v) is 20.4. The van der Waals surface area contributed by atoms with Gasteiger partial charge in [0, 0.05) is 55.3 Å². The Hall–Kier alpha value is -4.11. The van der Waals surface area contributed by atoms with E-state index in [1.165, 1.54) is 15.9 Å². The van der Waals surface area contributed by atoms with Gasteiger partial charge in [0.1, 0.15) is 5.78 Å². The number of carbonyl (C=O) groups is 4. The van der Waals surface area contributed by atoms with Gasteiger partial charge in [0.15, 0.2) is 17.4 Å². The van der Waals surface area contributed by atoms with Crippen molar-refractivity contribution in [2.45, 2.75) is 38.3 Å². The van der Waals surface area contributed by atoms with E-state index in [4.69, 9.17) is 5.53 Å². The molecule has 37 heavy (non-hydrogen) atoms. The average Bonchev–Trinajstić information content (AvgIpc) is 2.87. The number of anilines is 1. The minimum atomic E-state index is -1.19. The van der Waals surface area contributed by atoms with Crippen molar-refractivity contribution in [3.8, 4) is 0 Å². The van der Waals surface area contributed by atoms with Crippen molar-refractivity contribution < 1.29 is 28.0 Å². The molecular weight excluding hydrogens is 484 g/mol. The van der Waals surface area contributed by atoms with E-state index in [1.54, 1.807) is 26.2 Å². The SMILES string of the molecule is CN(C)C(=O)CCC1CC(=O)CC2C1C(=O)c1cc(CN=[N+]=[N-])ccc1N2C(=O)c1ccc(F)c(F)c1. The number of ketones is 2. The fourth-order valence-corrected chi connectivity index (χ4v) is 5.22. The van der Waals surface area contributed by atoms with Crippen molar-refractivity contribution in [2.75, 3.05) is 19.0 Å². The number of halogens is 2. The Morgan fingerprint density at radius 2 is 1.86 bits per heavy atom. The van der Waals surface area contributed by atoms with Gasteiger partial charge < -0.3 is 9.80 Å². The molecule has 192 valence electrons. The van der Waals surface area contributed by atoms with Crippen LogP contribution in [0.4, 0.5) is 14.5 Å². The first-order valence-electron chi connectivity index (χ1n) is 11.8. The summed E-state index contributed by atoms with van der Waals surface area (Å²) in [5.41, 5.74) is 9.54. The van der Waals surface area contributed by atoms with Gasteiger partial charge in [-0.1, -0.05) is 11.2 Å². The maximum Gasteiger partial charge on any atom is 0.258 e. The largest absolute Gasteiger partial charge is 0.349 e. The van der Waals surface area contributed by atoms with Gasteiger partial charge in [-0.05, 0) is 53.8 Å². The van der Waals surface area contributed by atoms with Crippen molar-refractivity contribution >= 4 is 29.1 Å². The molecule has 0 saturated heterocycles. The monoisotopic (exact) mass is 509 g/mol. The Bertz CT molecular complexity index is 1340. The van der Waals surface area contributed by atoms with Gasteiger partial charge in [0.2, 0.25) is 5.91 Å². The van der Waals surface area contributed by atoms with Crippen LogP contribution in [0.3, 0.4) is 0 Å². The highest BCUT2D eigenvalue weighted by molar-refractivity contribution is 6.15. The predicted octanol–water partition coefficient (Wildman–Crippen LogP) is 4.45. The second kappa shape index (κ2) is 10.5. The lowest BCUT2D eigenvalue weighted by Gasteiger charge is -2.46. The summed E-state index contributed by atoms with van der Waals surface area (Å²) in [6.07, 6.45) is 0.414. The summed E-state index contributed by atoms with van der Waals surface area (Å²) in [6, 6.07) is 6.63. The van der Waals surface area contributed by atoms with E-state index in [9.17, 15) is 28.0 Å². The van der Waals surface area contributed by atoms with Crippen LogP contribution in [0.25, 0.3) is 10.4 Å². The number of carbonyl (C=O) groups excluding carboxylic acids is 4. The second-order valence-corrected chi connectivity index (χ2v) is 9.54. The molecule has 0 aromatic heterocycles. The Kier molecular flexibility index (Phi) is 7.35. The number of hydrogen-bond donors (Lipinski definition) is 0. The van der Waals surface area contributed by atoms with Crippen LogP contribution in [0.1, 0.15) is 52.0 Å². The van der Waals surface area contributed by atoms with Crippen molar-refractivity contribution in [1.82, 2.24) is 4.90 Å². The van der Waals surface area contributed by atoms with Crippen molar-refractivity contribution in [3.05, 3.63) is 75.2 Å². The number of Topliss-reactive ketones (excluding diaryl/α,β-unsaturated/α-hetero) is 2. The maximum absolute atomic E-state index is 14.0. The van der Waals surface area contributed by atoms with E-state index >= 15 is 0 Å². The zero-order chi connectivity index (χ0) is 26.9. The summed E-state index contributed by atoms with van der Waals surface area (Å²) in [5.74, 6) is -4.81. The van der Waals surface area contributed by atoms with E-state index in [0.717, 1.165) is 18.2 Å². The molecule has 2 aromatic carbocycles. The lowest BCUT2D eigenvalue weighted by Crippen LogP contribution is -2.56. The number of hydrogen-bond acceptors (Lipinski definition) is 5. The first kappa shape index (κ1) is 26.0. The van der Waals surface area contributed by atoms with Crippen LogP contribution in [-0.2, 0) is 16.1 Å². The molecule has 2 amide bonds. The molecule has 3 atom stereocenters. The van der Waals surface area contributed by atoms with E-state index in [2.05, 4.69) is 10.0 Å². The summed E-state index contributed by atoms with van der Waals surface area (Å²) in [5, 5.41) is 3.53. The number of nitrogens with zero attached hydrogens (tertiary/aromatic N) is 5. The molecule has 4 rings (SSSR count). The second-order valence-electron chi connectivity index (χ2n) is 9.54. The smallest absolute Gasteiger partial charge is 0.258 e. The van der Waals surface area contributed by atoms with Crippen molar-refractivity contribution in [1.29, 1.82) is 0 Å². The average molecular weight is 510 g/mol. The molecule has 0 spiro atoms. The maximum atomic E-state index is 14.0. The highest BCUT2D eigenvalue weighted by Gasteiger charge is 2.50. The van der Waals surface area contributed by atoms with Gasteiger partial charge >= 0.3 is 0 Å². The number of azide groups is 1. The Balaban J connectivity index is 1.81. The Morgan fingerprint density at radius 1 is 1.11 bits per heavy atom. The number of fused-ring (bicyclic) bond motifs is 2. The van der Waals surface area contributed by atoms with Crippen LogP contribution in [0.15, 0.2) is 41.5 Å². The Morgan fingerprint density at radius 3 is 2.54 bits per heavy atom. The molecule has 0 radical (unpaired) electrons. The van der Waals surface area contributed by atoms with Crippen molar-refractivity contribution in [2.24, 2.45) is 17.0 Å². The van der Waals surface area contributed by atoms with Crippen LogP contribution in [0, 0.1) is 23.5 Å². The molecule has 2 aromatic rings. The first-order chi connectivity index (χ1) is 17.6. The normalized spacial score (nSPS) is 20.5. The van der Waals surface area contributed by atoms with Crippen molar-refractivity contribution in [3.63, 3.8) is 0 Å². The molecule has 11 heteroatoms. The summed E-state index contributed by atoms with van der Waals surface area (Å²) >= 11 is 0. The lowest BCUT2D eigenvalue weighted by molar-refractivity contribution is -0.130. The van der Waals surface area contributed by atoms with Crippen LogP contribution in [0.2, 0.25) is 0 Å². The first-order valence-corrected chi connectivity index (χ1v) is 11.8. The molecule has 1 fully saturated rings. The highest BCUT2D eigenvalue weighted by atomic mass is 19.2. The van der Waals surface area contributed by atoms with Crippen LogP contribution < -0.4 is 4.90 Å². The number of amides is 2. The molecule has 3 unspecified atom stereocenters. The molecule has 1 aliphatic heterocycles. The molecular formula is C26H25F2N5O4. The third kappa shape index (κ3) is 5.08. The molecule has 9 nitrogen and oxygen atoms in total. The zero-order valence-electron chi connectivity index (χ0n) is 20.4. The van der Waals surface area contributed by atoms with Gasteiger partial charge in [-0.2, -0.15) is 0 Å². The topological polar surface area (TPSA) is 124 Å². The highest BCUT2D eigenvalue weighted by Crippen LogP contribution is 2.45. The summed E-state index contributed by atoms with van der Waals surface area (Å²) in [7, 11) is 3.24. The molecule has 1 heterocycles. The molecule has 0 bridgehead atoms. The van der Waals surface area contributed by atoms with E-state index < -0.39 is 35.4 Å². The Labute approximate surface area is 211 Å². The van der Waals surface area contributed by atoms with Crippen LogP contribution in [-0.4, -0.2) is 48.4 Å². The number of rotatable bonds is 6. The fourth-order valence-electron chi connectivity index (χ4n) is 5.22. The molecule has 0 N–H and O–H groups in total. The minimum Gasteiger partial charge on any atom is -0.349 e. The lowest BCUT2D eigenvalue weighted by atomic mass is 9.67. The van der Waals surface area contributed by atoms with Crippen LogP contribution >= 0.6 is 0 Å². The quantitative estimate of drug-likeness (QED) is 0.324. The van der Waals surface area contributed by atoms with Gasteiger partial charge in [-0.3, -0.25) is 19.2 Å². The van der Waals surface area contributed by atoms with E-state index in [-0.39, 0.29) is 66.5 Å². The fraction of sp³-hybridized carbons (Fsp3) is 0.385. The van der Waals surface area contributed by atoms with Crippen LogP contribution in [0.5, 0.6) is 0 Å². The van der Waals surface area contributed by atoms with E-state index in [1.807, 2.05) is 0 Å². The third-order valence-electron chi connectivity index (χ3n) is 7.00. The standard InChI is InChI=1S/C26H25F2N5O4/c1-32(2)23(35)8-5-15-10-17(34)12-22-24(15)25(36)18-9-14(13-30-31-29)3-7-21(18)33(22)26(37)16-4-6-19(27)20(28)11-16/h3-4,6-7,9,11,15,22,24H,5,8,10,12-13H2,1-2H3. The van der Waals surface area contributed by atoms with Gasteiger partial charge in [0.25, 0.3) is 5.91 Å². The summed E-state index contributed by atoms with van der Waals surface area (Å²) < 4.78 is 27.6. The number of benzene rings is 2. The van der Waals surface area contributed by atoms with E-state index in [0.29, 0.717) is 5.56 Å². The van der Waals surface area contributed by atoms with Gasteiger partial charge in [0.05, 0.1) is 18.3 Å². The van der Waals surface area contributed by atoms with Gasteiger partial charge in [-0.25, -0.2) is 8.78 Å². The van der Waals surface area contributed by atoms with Gasteiger partial charge in [-0.15, -0.1) is 0 Å². The summed E-state index contributed by atoms with van der Waals surface area (Å²) in [6.45, 7) is -0.0124. The third-order valence-corrected chi connectivity index (χ3v) is 7.00. The molecule has 1 saturated carbocycles. The predicted molar refractivity (Wildman–Crippen MR) is 130 cm³/mol. The summed E-state index contributed by atoms with van der Waals surface area (Å²) in [4.78, 5) is 58.1. The molecule has 1 aliphatic carbocycles. The molecule has 2 aliphatic rings. The minimum absolute atomic E-state index is 0.0124.